The highest BCUT2D eigenvalue weighted by Crippen LogP contribution is 2.38. The summed E-state index contributed by atoms with van der Waals surface area (Å²) in [6, 6.07) is 0. The molecule has 1 fully saturated rings. The topological polar surface area (TPSA) is 150 Å². The Balaban J connectivity index is 3.65. The number of methoxy groups -OCH3 is 2. The summed E-state index contributed by atoms with van der Waals surface area (Å²) < 4.78 is 37.4. The first kappa shape index (κ1) is 28.0. The standard InChI is InChI=1S/C19H27IO12/c1-9(21)28-13-7-19(27-6,18(25)26-5)32-17(15(13)30-11(3)23)16(31-12(4)24)14(8-20)29-10(2)22/h13-17H,7-8H2,1-6H3/t13-,14+,15+,16+,17+,19+/m0/s1. The van der Waals surface area contributed by atoms with Crippen LogP contribution in [0.1, 0.15) is 34.1 Å². The minimum atomic E-state index is -2.10. The summed E-state index contributed by atoms with van der Waals surface area (Å²) in [7, 11) is 2.25. The molecule has 0 amide bonds. The molecule has 0 bridgehead atoms. The van der Waals surface area contributed by atoms with Crippen molar-refractivity contribution < 1.29 is 57.1 Å². The van der Waals surface area contributed by atoms with E-state index in [1.807, 2.05) is 22.6 Å². The lowest BCUT2D eigenvalue weighted by Gasteiger charge is -2.47. The van der Waals surface area contributed by atoms with Gasteiger partial charge >= 0.3 is 29.8 Å². The molecule has 0 radical (unpaired) electrons. The largest absolute Gasteiger partial charge is 0.465 e. The monoisotopic (exact) mass is 574 g/mol. The van der Waals surface area contributed by atoms with Gasteiger partial charge in [-0.05, 0) is 0 Å². The fourth-order valence-electron chi connectivity index (χ4n) is 3.29. The van der Waals surface area contributed by atoms with Gasteiger partial charge in [0.1, 0.15) is 12.2 Å². The Morgan fingerprint density at radius 1 is 0.938 bits per heavy atom. The summed E-state index contributed by atoms with van der Waals surface area (Å²) in [5.74, 6) is -6.01. The third kappa shape index (κ3) is 7.27. The van der Waals surface area contributed by atoms with E-state index in [9.17, 15) is 24.0 Å². The first-order chi connectivity index (χ1) is 14.9. The van der Waals surface area contributed by atoms with Crippen LogP contribution in [0.3, 0.4) is 0 Å². The molecule has 0 N–H and O–H groups in total. The molecule has 182 valence electrons. The van der Waals surface area contributed by atoms with Crippen LogP contribution in [0.25, 0.3) is 0 Å². The second-order valence-corrected chi connectivity index (χ2v) is 7.71. The molecule has 32 heavy (non-hydrogen) atoms. The molecule has 0 aromatic rings. The van der Waals surface area contributed by atoms with Gasteiger partial charge in [-0.2, -0.15) is 0 Å². The number of rotatable bonds is 9. The minimum absolute atomic E-state index is 0.137. The van der Waals surface area contributed by atoms with Crippen LogP contribution in [0.15, 0.2) is 0 Å². The van der Waals surface area contributed by atoms with Crippen molar-refractivity contribution in [1.29, 1.82) is 0 Å². The third-order valence-corrected chi connectivity index (χ3v) is 5.26. The summed E-state index contributed by atoms with van der Waals surface area (Å²) in [5.41, 5.74) is 0. The Hall–Kier alpha value is -2.00. The summed E-state index contributed by atoms with van der Waals surface area (Å²) in [6.07, 6.45) is -6.86. The van der Waals surface area contributed by atoms with Crippen LogP contribution in [0.5, 0.6) is 0 Å². The van der Waals surface area contributed by atoms with Gasteiger partial charge in [-0.25, -0.2) is 4.79 Å². The predicted octanol–water partition coefficient (Wildman–Crippen LogP) is 0.453. The zero-order valence-corrected chi connectivity index (χ0v) is 20.7. The molecule has 0 aromatic heterocycles. The van der Waals surface area contributed by atoms with Crippen LogP contribution >= 0.6 is 22.6 Å². The molecule has 0 unspecified atom stereocenters. The Morgan fingerprint density at radius 3 is 1.91 bits per heavy atom. The second kappa shape index (κ2) is 12.3. The van der Waals surface area contributed by atoms with E-state index in [-0.39, 0.29) is 10.8 Å². The summed E-state index contributed by atoms with van der Waals surface area (Å²) >= 11 is 1.90. The van der Waals surface area contributed by atoms with Crippen molar-refractivity contribution in [2.24, 2.45) is 0 Å². The molecule has 1 aliphatic heterocycles. The van der Waals surface area contributed by atoms with E-state index in [0.717, 1.165) is 41.9 Å². The molecular formula is C19H27IO12. The molecule has 0 aromatic carbocycles. The van der Waals surface area contributed by atoms with E-state index in [1.54, 1.807) is 0 Å². The van der Waals surface area contributed by atoms with Crippen molar-refractivity contribution in [2.45, 2.75) is 70.4 Å². The van der Waals surface area contributed by atoms with Crippen LogP contribution in [-0.2, 0) is 57.1 Å². The SMILES string of the molecule is COC(=O)[C@@]1(OC)C[C@H](OC(C)=O)[C@@H](OC(C)=O)[C@H]([C@H](OC(C)=O)[C@@H](CI)OC(C)=O)O1. The van der Waals surface area contributed by atoms with Crippen molar-refractivity contribution in [3.63, 3.8) is 0 Å². The third-order valence-electron chi connectivity index (χ3n) is 4.39. The first-order valence-corrected chi connectivity index (χ1v) is 11.0. The quantitative estimate of drug-likeness (QED) is 0.163. The average molecular weight is 574 g/mol. The smallest absolute Gasteiger partial charge is 0.366 e. The number of halogens is 1. The fourth-order valence-corrected chi connectivity index (χ4v) is 3.97. The first-order valence-electron chi connectivity index (χ1n) is 9.47. The molecular weight excluding hydrogens is 547 g/mol. The van der Waals surface area contributed by atoms with Crippen molar-refractivity contribution >= 4 is 52.4 Å². The molecule has 1 aliphatic rings. The second-order valence-electron chi connectivity index (χ2n) is 6.83. The molecule has 0 saturated carbocycles. The summed E-state index contributed by atoms with van der Waals surface area (Å²) in [5, 5.41) is 0. The minimum Gasteiger partial charge on any atom is -0.465 e. The Labute approximate surface area is 198 Å². The lowest BCUT2D eigenvalue weighted by atomic mass is 9.90. The van der Waals surface area contributed by atoms with Gasteiger partial charge in [0.15, 0.2) is 18.3 Å². The number of hydrogen-bond donors (Lipinski definition) is 0. The van der Waals surface area contributed by atoms with Gasteiger partial charge in [0.2, 0.25) is 0 Å². The molecule has 1 saturated heterocycles. The van der Waals surface area contributed by atoms with Gasteiger partial charge in [-0.1, -0.05) is 22.6 Å². The van der Waals surface area contributed by atoms with Gasteiger partial charge in [0.05, 0.1) is 13.5 Å². The highest BCUT2D eigenvalue weighted by Gasteiger charge is 2.59. The number of esters is 5. The highest BCUT2D eigenvalue weighted by atomic mass is 127. The maximum absolute atomic E-state index is 12.6. The van der Waals surface area contributed by atoms with Crippen molar-refractivity contribution in [2.75, 3.05) is 18.6 Å². The van der Waals surface area contributed by atoms with E-state index in [1.165, 1.54) is 0 Å². The fraction of sp³-hybridized carbons (Fsp3) is 0.737. The van der Waals surface area contributed by atoms with Crippen molar-refractivity contribution in [1.82, 2.24) is 0 Å². The van der Waals surface area contributed by atoms with Crippen LogP contribution in [0.4, 0.5) is 0 Å². The van der Waals surface area contributed by atoms with Gasteiger partial charge in [-0.15, -0.1) is 0 Å². The molecule has 0 spiro atoms. The molecule has 1 heterocycles. The number of alkyl halides is 1. The van der Waals surface area contributed by atoms with E-state index in [4.69, 9.17) is 33.2 Å². The maximum atomic E-state index is 12.6. The van der Waals surface area contributed by atoms with Crippen LogP contribution < -0.4 is 0 Å². The molecule has 0 aliphatic carbocycles. The molecule has 6 atom stereocenters. The Morgan fingerprint density at radius 2 is 1.50 bits per heavy atom. The highest BCUT2D eigenvalue weighted by molar-refractivity contribution is 14.1. The van der Waals surface area contributed by atoms with Gasteiger partial charge in [0, 0.05) is 39.2 Å². The van der Waals surface area contributed by atoms with Gasteiger partial charge < -0.3 is 33.2 Å². The number of carbonyl (C=O) groups excluding carboxylic acids is 5. The normalized spacial score (nSPS) is 26.8. The van der Waals surface area contributed by atoms with E-state index in [2.05, 4.69) is 0 Å². The Kier molecular flexibility index (Phi) is 10.8. The maximum Gasteiger partial charge on any atom is 0.366 e. The van der Waals surface area contributed by atoms with Gasteiger partial charge in [-0.3, -0.25) is 19.2 Å². The zero-order chi connectivity index (χ0) is 24.6. The molecule has 1 rings (SSSR count). The van der Waals surface area contributed by atoms with Crippen molar-refractivity contribution in [3.8, 4) is 0 Å². The number of hydrogen-bond acceptors (Lipinski definition) is 12. The lowest BCUT2D eigenvalue weighted by Crippen LogP contribution is -2.66. The van der Waals surface area contributed by atoms with E-state index < -0.39 is 66.2 Å². The van der Waals surface area contributed by atoms with Gasteiger partial charge in [0.25, 0.3) is 5.79 Å². The summed E-state index contributed by atoms with van der Waals surface area (Å²) in [4.78, 5) is 59.7. The molecule has 12 nitrogen and oxygen atoms in total. The van der Waals surface area contributed by atoms with Crippen LogP contribution in [-0.4, -0.2) is 84.8 Å². The lowest BCUT2D eigenvalue weighted by molar-refractivity contribution is -0.323. The van der Waals surface area contributed by atoms with Crippen LogP contribution in [0.2, 0.25) is 0 Å². The Bertz CT molecular complexity index is 725. The average Bonchev–Trinajstić information content (AvgIpc) is 2.70. The predicted molar refractivity (Wildman–Crippen MR) is 112 cm³/mol. The van der Waals surface area contributed by atoms with Crippen molar-refractivity contribution in [3.05, 3.63) is 0 Å². The zero-order valence-electron chi connectivity index (χ0n) is 18.6. The number of carbonyl (C=O) groups is 5. The summed E-state index contributed by atoms with van der Waals surface area (Å²) in [6.45, 7) is 4.51. The van der Waals surface area contributed by atoms with E-state index in [0.29, 0.717) is 0 Å². The van der Waals surface area contributed by atoms with Crippen LogP contribution in [0, 0.1) is 0 Å². The molecule has 13 heteroatoms. The van der Waals surface area contributed by atoms with E-state index >= 15 is 0 Å². The number of ether oxygens (including phenoxy) is 7.